The molecule has 2 heterocycles. The number of non-ortho nitro benzene ring substituents is 1. The Hall–Kier alpha value is -3.88. The van der Waals surface area contributed by atoms with Crippen molar-refractivity contribution in [3.8, 4) is 11.5 Å². The highest BCUT2D eigenvalue weighted by Gasteiger charge is 2.45. The third kappa shape index (κ3) is 4.45. The first-order valence-electron chi connectivity index (χ1n) is 11.7. The van der Waals surface area contributed by atoms with Crippen LogP contribution in [-0.2, 0) is 14.3 Å². The highest BCUT2D eigenvalue weighted by atomic mass is 16.6. The number of nitro groups is 1. The average molecular weight is 479 g/mol. The first-order valence-corrected chi connectivity index (χ1v) is 11.7. The smallest absolute Gasteiger partial charge is 0.338 e. The largest absolute Gasteiger partial charge is 0.496 e. The summed E-state index contributed by atoms with van der Waals surface area (Å²) in [6, 6.07) is 10.9. The molecule has 2 aromatic rings. The van der Waals surface area contributed by atoms with Gasteiger partial charge >= 0.3 is 5.97 Å². The lowest BCUT2D eigenvalue weighted by Gasteiger charge is -2.41. The fourth-order valence-electron chi connectivity index (χ4n) is 5.00. The van der Waals surface area contributed by atoms with Gasteiger partial charge in [-0.25, -0.2) is 4.79 Å². The van der Waals surface area contributed by atoms with E-state index in [0.717, 1.165) is 0 Å². The monoisotopic (exact) mass is 479 g/mol. The van der Waals surface area contributed by atoms with Gasteiger partial charge in [-0.3, -0.25) is 14.9 Å². The third-order valence-corrected chi connectivity index (χ3v) is 6.89. The van der Waals surface area contributed by atoms with Crippen LogP contribution in [0.15, 0.2) is 48.7 Å². The Morgan fingerprint density at radius 2 is 1.91 bits per heavy atom. The van der Waals surface area contributed by atoms with E-state index in [1.54, 1.807) is 12.1 Å². The van der Waals surface area contributed by atoms with E-state index < -0.39 is 23.1 Å². The number of nitrogens with zero attached hydrogens (tertiary/aromatic N) is 1. The minimum Gasteiger partial charge on any atom is -0.496 e. The minimum atomic E-state index is -0.620. The van der Waals surface area contributed by atoms with Gasteiger partial charge in [0, 0.05) is 18.6 Å². The molecule has 0 saturated heterocycles. The highest BCUT2D eigenvalue weighted by molar-refractivity contribution is 6.22. The Morgan fingerprint density at radius 3 is 2.69 bits per heavy atom. The quantitative estimate of drug-likeness (QED) is 0.354. The molecular weight excluding hydrogens is 454 g/mol. The molecule has 1 aliphatic carbocycles. The second-order valence-corrected chi connectivity index (χ2v) is 8.93. The van der Waals surface area contributed by atoms with Gasteiger partial charge in [-0.1, -0.05) is 19.1 Å². The number of ketones is 1. The highest BCUT2D eigenvalue weighted by Crippen LogP contribution is 2.42. The lowest BCUT2D eigenvalue weighted by Crippen LogP contribution is -2.46. The van der Waals surface area contributed by atoms with Crippen molar-refractivity contribution in [3.63, 3.8) is 0 Å². The predicted octanol–water partition coefficient (Wildman–Crippen LogP) is 4.34. The van der Waals surface area contributed by atoms with Gasteiger partial charge in [-0.15, -0.1) is 0 Å². The molecule has 35 heavy (non-hydrogen) atoms. The van der Waals surface area contributed by atoms with E-state index >= 15 is 0 Å². The van der Waals surface area contributed by atoms with Crippen LogP contribution in [0.3, 0.4) is 0 Å². The number of rotatable bonds is 5. The standard InChI is InChI=1S/C26H25NO8/c1-2-15-11-19-23(13-22(15)35-26(29)17-4-3-5-18(10-17)27(30)31)34-14-20(25(19)28)16-6-7-21-24(12-16)33-9-8-32-21/h3-7,10,12,14-15,19,22-23H,2,8-9,11,13H2,1H3. The topological polar surface area (TPSA) is 114 Å². The maximum absolute atomic E-state index is 13.4. The number of Topliss-reactive ketones (excluding diaryl/α,β-unsaturated/α-hetero) is 1. The van der Waals surface area contributed by atoms with Gasteiger partial charge in [-0.05, 0) is 42.5 Å². The SMILES string of the molecule is CCC1CC2C(=O)C(c3ccc4c(c3)OCCO4)=COC2CC1OC(=O)c1cccc([N+](=O)[O-])c1. The van der Waals surface area contributed by atoms with Gasteiger partial charge in [0.25, 0.3) is 5.69 Å². The molecule has 182 valence electrons. The summed E-state index contributed by atoms with van der Waals surface area (Å²) in [4.78, 5) is 36.7. The maximum Gasteiger partial charge on any atom is 0.338 e. The van der Waals surface area contributed by atoms with Crippen molar-refractivity contribution in [2.24, 2.45) is 11.8 Å². The minimum absolute atomic E-state index is 0.000150. The summed E-state index contributed by atoms with van der Waals surface area (Å²) >= 11 is 0. The van der Waals surface area contributed by atoms with Gasteiger partial charge in [0.05, 0.1) is 28.2 Å². The molecule has 1 saturated carbocycles. The van der Waals surface area contributed by atoms with E-state index in [1.165, 1.54) is 30.5 Å². The number of hydrogen-bond donors (Lipinski definition) is 0. The Labute approximate surface area is 201 Å². The lowest BCUT2D eigenvalue weighted by molar-refractivity contribution is -0.384. The van der Waals surface area contributed by atoms with E-state index in [4.69, 9.17) is 18.9 Å². The number of hydrogen-bond acceptors (Lipinski definition) is 8. The van der Waals surface area contributed by atoms with Crippen LogP contribution in [0.4, 0.5) is 5.69 Å². The van der Waals surface area contributed by atoms with Crippen molar-refractivity contribution in [1.29, 1.82) is 0 Å². The van der Waals surface area contributed by atoms with Crippen molar-refractivity contribution in [3.05, 3.63) is 70.0 Å². The van der Waals surface area contributed by atoms with Crippen LogP contribution >= 0.6 is 0 Å². The number of allylic oxidation sites excluding steroid dienone is 1. The summed E-state index contributed by atoms with van der Waals surface area (Å²) < 4.78 is 23.0. The molecule has 9 heteroatoms. The van der Waals surface area contributed by atoms with E-state index in [0.29, 0.717) is 55.1 Å². The molecule has 0 aromatic heterocycles. The van der Waals surface area contributed by atoms with Gasteiger partial charge in [0.15, 0.2) is 17.3 Å². The molecule has 4 atom stereocenters. The summed E-state index contributed by atoms with van der Waals surface area (Å²) in [6.07, 6.45) is 2.24. The molecule has 0 amide bonds. The fourth-order valence-corrected chi connectivity index (χ4v) is 5.00. The van der Waals surface area contributed by atoms with Crippen molar-refractivity contribution < 1.29 is 33.5 Å². The number of ether oxygens (including phenoxy) is 4. The number of nitro benzene ring substituents is 1. The van der Waals surface area contributed by atoms with Crippen LogP contribution in [0.5, 0.6) is 11.5 Å². The molecule has 0 spiro atoms. The molecule has 2 aliphatic heterocycles. The molecule has 0 bridgehead atoms. The molecule has 3 aliphatic rings. The molecular formula is C26H25NO8. The fraction of sp³-hybridized carbons (Fsp3) is 0.385. The van der Waals surface area contributed by atoms with E-state index in [1.807, 2.05) is 13.0 Å². The Morgan fingerprint density at radius 1 is 1.11 bits per heavy atom. The summed E-state index contributed by atoms with van der Waals surface area (Å²) in [5, 5.41) is 11.0. The van der Waals surface area contributed by atoms with Crippen molar-refractivity contribution in [2.45, 2.75) is 38.4 Å². The molecule has 2 aromatic carbocycles. The zero-order chi connectivity index (χ0) is 24.5. The van der Waals surface area contributed by atoms with Crippen LogP contribution < -0.4 is 9.47 Å². The number of fused-ring (bicyclic) bond motifs is 2. The first-order chi connectivity index (χ1) is 16.9. The van der Waals surface area contributed by atoms with Gasteiger partial charge in [-0.2, -0.15) is 0 Å². The third-order valence-electron chi connectivity index (χ3n) is 6.89. The second kappa shape index (κ2) is 9.40. The van der Waals surface area contributed by atoms with E-state index in [2.05, 4.69) is 0 Å². The lowest BCUT2D eigenvalue weighted by atomic mass is 9.72. The van der Waals surface area contributed by atoms with Crippen LogP contribution in [0, 0.1) is 22.0 Å². The normalized spacial score (nSPS) is 25.1. The Kier molecular flexibility index (Phi) is 6.15. The summed E-state index contributed by atoms with van der Waals surface area (Å²) in [5.41, 5.74) is 1.15. The number of esters is 1. The molecule has 1 fully saturated rings. The van der Waals surface area contributed by atoms with E-state index in [-0.39, 0.29) is 28.9 Å². The molecule has 5 rings (SSSR count). The van der Waals surface area contributed by atoms with Crippen molar-refractivity contribution >= 4 is 23.0 Å². The van der Waals surface area contributed by atoms with Gasteiger partial charge in [0.2, 0.25) is 0 Å². The molecule has 0 N–H and O–H groups in total. The van der Waals surface area contributed by atoms with E-state index in [9.17, 15) is 19.7 Å². The number of carbonyl (C=O) groups is 2. The first kappa shape index (κ1) is 22.9. The maximum atomic E-state index is 13.4. The summed E-state index contributed by atoms with van der Waals surface area (Å²) in [6.45, 7) is 2.94. The summed E-state index contributed by atoms with van der Waals surface area (Å²) in [5.74, 6) is 0.254. The number of carbonyl (C=O) groups excluding carboxylic acids is 2. The molecule has 9 nitrogen and oxygen atoms in total. The number of benzene rings is 2. The zero-order valence-corrected chi connectivity index (χ0v) is 19.2. The Balaban J connectivity index is 1.32. The van der Waals surface area contributed by atoms with Crippen LogP contribution in [0.25, 0.3) is 5.57 Å². The summed E-state index contributed by atoms with van der Waals surface area (Å²) in [7, 11) is 0. The van der Waals surface area contributed by atoms with Crippen LogP contribution in [0.2, 0.25) is 0 Å². The molecule has 0 radical (unpaired) electrons. The van der Waals surface area contributed by atoms with Gasteiger partial charge in [0.1, 0.15) is 25.4 Å². The van der Waals surface area contributed by atoms with Crippen LogP contribution in [0.1, 0.15) is 42.1 Å². The Bertz CT molecular complexity index is 1210. The van der Waals surface area contributed by atoms with Crippen molar-refractivity contribution in [1.82, 2.24) is 0 Å². The van der Waals surface area contributed by atoms with Crippen LogP contribution in [-0.4, -0.2) is 42.1 Å². The predicted molar refractivity (Wildman–Crippen MR) is 124 cm³/mol. The second-order valence-electron chi connectivity index (χ2n) is 8.93. The zero-order valence-electron chi connectivity index (χ0n) is 19.2. The average Bonchev–Trinajstić information content (AvgIpc) is 2.88. The van der Waals surface area contributed by atoms with Crippen molar-refractivity contribution in [2.75, 3.05) is 13.2 Å². The van der Waals surface area contributed by atoms with Gasteiger partial charge < -0.3 is 18.9 Å². The molecule has 4 unspecified atom stereocenters.